The van der Waals surface area contributed by atoms with E-state index in [9.17, 15) is 8.78 Å². The number of halogens is 2. The van der Waals surface area contributed by atoms with Gasteiger partial charge in [-0.3, -0.25) is 0 Å². The molecule has 0 spiro atoms. The van der Waals surface area contributed by atoms with Crippen molar-refractivity contribution < 1.29 is 8.78 Å². The third kappa shape index (κ3) is 2.68. The van der Waals surface area contributed by atoms with E-state index >= 15 is 0 Å². The summed E-state index contributed by atoms with van der Waals surface area (Å²) in [6, 6.07) is 3.75. The van der Waals surface area contributed by atoms with Crippen molar-refractivity contribution in [2.24, 2.45) is 0 Å². The Labute approximate surface area is 103 Å². The van der Waals surface area contributed by atoms with Gasteiger partial charge in [0, 0.05) is 30.6 Å². The number of rotatable bonds is 3. The number of hydrogen-bond donors (Lipinski definition) is 1. The Hall–Kier alpha value is -2.30. The van der Waals surface area contributed by atoms with Crippen LogP contribution >= 0.6 is 0 Å². The number of nitrogens with zero attached hydrogens (tertiary/aromatic N) is 2. The molecule has 0 bridgehead atoms. The fourth-order valence-electron chi connectivity index (χ4n) is 1.40. The van der Waals surface area contributed by atoms with E-state index in [0.717, 1.165) is 0 Å². The Morgan fingerprint density at radius 3 is 2.22 bits per heavy atom. The van der Waals surface area contributed by atoms with Crippen molar-refractivity contribution >= 4 is 18.1 Å². The summed E-state index contributed by atoms with van der Waals surface area (Å²) in [5.41, 5.74) is 0.590. The summed E-state index contributed by atoms with van der Waals surface area (Å²) < 4.78 is 26.7. The smallest absolute Gasteiger partial charge is 0.222 e. The van der Waals surface area contributed by atoms with Crippen molar-refractivity contribution in [3.05, 3.63) is 53.4 Å². The van der Waals surface area contributed by atoms with Crippen LogP contribution in [-0.2, 0) is 0 Å². The predicted octanol–water partition coefficient (Wildman–Crippen LogP) is 2.97. The maximum atomic E-state index is 13.3. The van der Waals surface area contributed by atoms with Gasteiger partial charge in [0.05, 0.1) is 0 Å². The first-order valence-corrected chi connectivity index (χ1v) is 5.32. The fraction of sp³-hybridized carbons (Fsp3) is 0.0769. The highest BCUT2D eigenvalue weighted by molar-refractivity contribution is 5.69. The van der Waals surface area contributed by atoms with Crippen LogP contribution < -0.4 is 5.32 Å². The molecular formula is C13H11F2N3. The second-order valence-electron chi connectivity index (χ2n) is 3.56. The molecule has 1 heterocycles. The van der Waals surface area contributed by atoms with Crippen molar-refractivity contribution in [2.75, 3.05) is 12.4 Å². The first-order valence-electron chi connectivity index (χ1n) is 5.32. The first-order chi connectivity index (χ1) is 8.70. The summed E-state index contributed by atoms with van der Waals surface area (Å²) in [5, 5.41) is 2.78. The molecule has 0 fully saturated rings. The van der Waals surface area contributed by atoms with Crippen molar-refractivity contribution in [1.82, 2.24) is 9.97 Å². The van der Waals surface area contributed by atoms with Crippen molar-refractivity contribution in [1.29, 1.82) is 0 Å². The lowest BCUT2D eigenvalue weighted by Gasteiger charge is -1.99. The summed E-state index contributed by atoms with van der Waals surface area (Å²) in [4.78, 5) is 7.99. The van der Waals surface area contributed by atoms with Gasteiger partial charge in [-0.2, -0.15) is 0 Å². The number of nitrogens with one attached hydrogen (secondary N) is 1. The highest BCUT2D eigenvalue weighted by Crippen LogP contribution is 2.15. The van der Waals surface area contributed by atoms with Gasteiger partial charge in [0.1, 0.15) is 11.6 Å². The predicted molar refractivity (Wildman–Crippen MR) is 66.9 cm³/mol. The van der Waals surface area contributed by atoms with E-state index in [-0.39, 0.29) is 5.56 Å². The van der Waals surface area contributed by atoms with E-state index in [1.54, 1.807) is 25.5 Å². The van der Waals surface area contributed by atoms with Crippen LogP contribution in [-0.4, -0.2) is 17.0 Å². The zero-order valence-corrected chi connectivity index (χ0v) is 9.69. The lowest BCUT2D eigenvalue weighted by molar-refractivity contribution is 0.579. The van der Waals surface area contributed by atoms with Crippen molar-refractivity contribution in [3.8, 4) is 0 Å². The van der Waals surface area contributed by atoms with Gasteiger partial charge >= 0.3 is 0 Å². The molecular weight excluding hydrogens is 236 g/mol. The highest BCUT2D eigenvalue weighted by Gasteiger charge is 2.04. The summed E-state index contributed by atoms with van der Waals surface area (Å²) in [5.74, 6) is -0.706. The molecule has 2 aromatic rings. The number of aromatic nitrogens is 2. The molecule has 18 heavy (non-hydrogen) atoms. The molecule has 92 valence electrons. The molecule has 0 saturated heterocycles. The van der Waals surface area contributed by atoms with Crippen LogP contribution in [0.3, 0.4) is 0 Å². The third-order valence-corrected chi connectivity index (χ3v) is 2.34. The summed E-state index contributed by atoms with van der Waals surface area (Å²) in [7, 11) is 1.71. The fourth-order valence-corrected chi connectivity index (χ4v) is 1.40. The molecule has 0 unspecified atom stereocenters. The van der Waals surface area contributed by atoms with Crippen LogP contribution in [0.25, 0.3) is 12.2 Å². The molecule has 0 amide bonds. The molecule has 3 nitrogen and oxygen atoms in total. The lowest BCUT2D eigenvalue weighted by Crippen LogP contribution is -1.95. The minimum absolute atomic E-state index is 0.0739. The van der Waals surface area contributed by atoms with Gasteiger partial charge in [-0.25, -0.2) is 18.7 Å². The molecule has 0 radical (unpaired) electrons. The summed E-state index contributed by atoms with van der Waals surface area (Å²) >= 11 is 0. The third-order valence-electron chi connectivity index (χ3n) is 2.34. The topological polar surface area (TPSA) is 37.8 Å². The Morgan fingerprint density at radius 2 is 1.67 bits per heavy atom. The van der Waals surface area contributed by atoms with E-state index < -0.39 is 11.6 Å². The maximum Gasteiger partial charge on any atom is 0.222 e. The molecule has 1 aromatic heterocycles. The average Bonchev–Trinajstić information content (AvgIpc) is 2.39. The molecule has 1 N–H and O–H groups in total. The molecule has 0 aliphatic heterocycles. The molecule has 0 saturated carbocycles. The summed E-state index contributed by atoms with van der Waals surface area (Å²) in [6.07, 6.45) is 6.05. The Balaban J connectivity index is 2.24. The van der Waals surface area contributed by atoms with E-state index in [0.29, 0.717) is 11.5 Å². The lowest BCUT2D eigenvalue weighted by atomic mass is 10.1. The van der Waals surface area contributed by atoms with Gasteiger partial charge in [-0.05, 0) is 18.2 Å². The van der Waals surface area contributed by atoms with Crippen molar-refractivity contribution in [3.63, 3.8) is 0 Å². The standard InChI is InChI=1S/C13H11F2N3/c1-16-13-17-7-9(8-18-13)5-6-10-11(14)3-2-4-12(10)15/h2-8H,1H3,(H,16,17,18)/b6-5+. The second kappa shape index (κ2) is 5.35. The minimum atomic E-state index is -0.598. The summed E-state index contributed by atoms with van der Waals surface area (Å²) in [6.45, 7) is 0. The highest BCUT2D eigenvalue weighted by atomic mass is 19.1. The van der Waals surface area contributed by atoms with Crippen LogP contribution in [0.5, 0.6) is 0 Å². The van der Waals surface area contributed by atoms with Gasteiger partial charge in [-0.15, -0.1) is 0 Å². The quantitative estimate of drug-likeness (QED) is 0.906. The Kier molecular flexibility index (Phi) is 3.62. The molecule has 0 aliphatic rings. The molecule has 2 rings (SSSR count). The zero-order chi connectivity index (χ0) is 13.0. The monoisotopic (exact) mass is 247 g/mol. The number of benzene rings is 1. The first kappa shape index (κ1) is 12.2. The Morgan fingerprint density at radius 1 is 1.06 bits per heavy atom. The molecule has 5 heteroatoms. The van der Waals surface area contributed by atoms with Crippen molar-refractivity contribution in [2.45, 2.75) is 0 Å². The SMILES string of the molecule is CNc1ncc(/C=C/c2c(F)cccc2F)cn1. The molecule has 1 aromatic carbocycles. The van der Waals surface area contributed by atoms with Gasteiger partial charge in [0.2, 0.25) is 5.95 Å². The molecule has 0 aliphatic carbocycles. The van der Waals surface area contributed by atoms with Crippen LogP contribution in [0.15, 0.2) is 30.6 Å². The van der Waals surface area contributed by atoms with E-state index in [1.165, 1.54) is 24.3 Å². The maximum absolute atomic E-state index is 13.3. The van der Waals surface area contributed by atoms with Gasteiger partial charge in [0.25, 0.3) is 0 Å². The van der Waals surface area contributed by atoms with Gasteiger partial charge in [-0.1, -0.05) is 12.1 Å². The zero-order valence-electron chi connectivity index (χ0n) is 9.69. The number of anilines is 1. The van der Waals surface area contributed by atoms with E-state index in [1.807, 2.05) is 0 Å². The van der Waals surface area contributed by atoms with E-state index in [2.05, 4.69) is 15.3 Å². The van der Waals surface area contributed by atoms with E-state index in [4.69, 9.17) is 0 Å². The van der Waals surface area contributed by atoms with Crippen LogP contribution in [0.1, 0.15) is 11.1 Å². The van der Waals surface area contributed by atoms with Crippen LogP contribution in [0, 0.1) is 11.6 Å². The van der Waals surface area contributed by atoms with Gasteiger partial charge in [0.15, 0.2) is 0 Å². The Bertz CT molecular complexity index is 545. The van der Waals surface area contributed by atoms with Crippen LogP contribution in [0.2, 0.25) is 0 Å². The second-order valence-corrected chi connectivity index (χ2v) is 3.56. The van der Waals surface area contributed by atoms with Crippen LogP contribution in [0.4, 0.5) is 14.7 Å². The van der Waals surface area contributed by atoms with Gasteiger partial charge < -0.3 is 5.32 Å². The molecule has 0 atom stereocenters. The normalized spacial score (nSPS) is 10.8. The minimum Gasteiger partial charge on any atom is -0.357 e. The number of hydrogen-bond acceptors (Lipinski definition) is 3. The largest absolute Gasteiger partial charge is 0.357 e. The average molecular weight is 247 g/mol.